The number of piperazine rings is 1. The van der Waals surface area contributed by atoms with Crippen LogP contribution in [-0.4, -0.2) is 73.2 Å². The van der Waals surface area contributed by atoms with E-state index in [9.17, 15) is 14.8 Å². The predicted molar refractivity (Wildman–Crippen MR) is 92.7 cm³/mol. The second-order valence-electron chi connectivity index (χ2n) is 6.69. The van der Waals surface area contributed by atoms with E-state index in [1.807, 2.05) is 7.05 Å². The summed E-state index contributed by atoms with van der Waals surface area (Å²) < 4.78 is 0.587. The zero-order chi connectivity index (χ0) is 17.9. The molecule has 1 aromatic carbocycles. The number of nitrogens with two attached hydrogens (primary N) is 1. The molecule has 0 atom stereocenters. The molecule has 1 aliphatic heterocycles. The number of hydrogen-bond donors (Lipinski definition) is 3. The van der Waals surface area contributed by atoms with Crippen molar-refractivity contribution in [1.29, 1.82) is 0 Å². The van der Waals surface area contributed by atoms with Crippen LogP contribution in [-0.2, 0) is 9.59 Å². The third-order valence-electron chi connectivity index (χ3n) is 4.37. The maximum absolute atomic E-state index is 12.4. The Kier molecular flexibility index (Phi) is 5.43. The lowest BCUT2D eigenvalue weighted by Gasteiger charge is -2.40. The van der Waals surface area contributed by atoms with Crippen molar-refractivity contribution < 1.29 is 19.3 Å². The Hall–Kier alpha value is -2.16. The van der Waals surface area contributed by atoms with Gasteiger partial charge >= 0.3 is 5.91 Å². The predicted octanol–water partition coefficient (Wildman–Crippen LogP) is 0.341. The molecule has 0 aliphatic carbocycles. The van der Waals surface area contributed by atoms with E-state index in [0.29, 0.717) is 15.2 Å². The quantitative estimate of drug-likeness (QED) is 0.319. The lowest BCUT2D eigenvalue weighted by Crippen LogP contribution is -2.59. The largest absolute Gasteiger partial charge is 0.397 e. The highest BCUT2D eigenvalue weighted by Gasteiger charge is 2.32. The zero-order valence-electron chi connectivity index (χ0n) is 14.5. The van der Waals surface area contributed by atoms with Crippen LogP contribution in [0.1, 0.15) is 6.92 Å². The molecule has 0 aromatic heterocycles. The average Bonchev–Trinajstić information content (AvgIpc) is 2.49. The number of anilines is 3. The van der Waals surface area contributed by atoms with E-state index in [0.717, 1.165) is 26.2 Å². The maximum Gasteiger partial charge on any atom is 0.305 e. The molecule has 132 valence electrons. The summed E-state index contributed by atoms with van der Waals surface area (Å²) in [6, 6.07) is 4.62. The SMILES string of the molecule is CC(=O)Nc1ccc(N(O)C(=O)C[N+]2(C)CCN(C)CC2)c(N)c1. The van der Waals surface area contributed by atoms with Gasteiger partial charge in [0.25, 0.3) is 0 Å². The van der Waals surface area contributed by atoms with E-state index in [2.05, 4.69) is 17.3 Å². The molecule has 1 fully saturated rings. The van der Waals surface area contributed by atoms with Crippen LogP contribution in [0.3, 0.4) is 0 Å². The summed E-state index contributed by atoms with van der Waals surface area (Å²) in [5.74, 6) is -0.618. The van der Waals surface area contributed by atoms with Crippen molar-refractivity contribution in [3.05, 3.63) is 18.2 Å². The van der Waals surface area contributed by atoms with E-state index in [1.54, 1.807) is 6.07 Å². The molecule has 8 heteroatoms. The van der Waals surface area contributed by atoms with Crippen molar-refractivity contribution >= 4 is 28.9 Å². The fourth-order valence-electron chi connectivity index (χ4n) is 2.76. The van der Waals surface area contributed by atoms with Gasteiger partial charge in [-0.15, -0.1) is 0 Å². The summed E-state index contributed by atoms with van der Waals surface area (Å²) in [7, 11) is 4.07. The van der Waals surface area contributed by atoms with Crippen LogP contribution in [0.4, 0.5) is 17.1 Å². The number of carbonyl (C=O) groups excluding carboxylic acids is 2. The highest BCUT2D eigenvalue weighted by molar-refractivity contribution is 5.96. The first-order valence-electron chi connectivity index (χ1n) is 7.91. The molecule has 4 N–H and O–H groups in total. The van der Waals surface area contributed by atoms with Gasteiger partial charge in [0.2, 0.25) is 5.91 Å². The van der Waals surface area contributed by atoms with Crippen molar-refractivity contribution in [2.24, 2.45) is 0 Å². The molecule has 0 spiro atoms. The molecule has 1 heterocycles. The number of hydroxylamine groups is 1. The van der Waals surface area contributed by atoms with Crippen LogP contribution in [0.15, 0.2) is 18.2 Å². The van der Waals surface area contributed by atoms with Crippen molar-refractivity contribution in [1.82, 2.24) is 4.90 Å². The van der Waals surface area contributed by atoms with Crippen LogP contribution < -0.4 is 16.1 Å². The molecule has 2 rings (SSSR count). The molecular weight excluding hydrogens is 310 g/mol. The Morgan fingerprint density at radius 3 is 2.54 bits per heavy atom. The first-order chi connectivity index (χ1) is 11.2. The van der Waals surface area contributed by atoms with Gasteiger partial charge in [0.1, 0.15) is 0 Å². The molecule has 1 saturated heterocycles. The fourth-order valence-corrected chi connectivity index (χ4v) is 2.76. The lowest BCUT2D eigenvalue weighted by molar-refractivity contribution is -0.906. The summed E-state index contributed by atoms with van der Waals surface area (Å²) in [6.07, 6.45) is 0. The van der Waals surface area contributed by atoms with E-state index < -0.39 is 5.91 Å². The molecule has 0 saturated carbocycles. The van der Waals surface area contributed by atoms with Crippen molar-refractivity contribution in [2.45, 2.75) is 6.92 Å². The molecule has 2 amide bonds. The highest BCUT2D eigenvalue weighted by atomic mass is 16.5. The van der Waals surface area contributed by atoms with Crippen LogP contribution in [0, 0.1) is 0 Å². The first-order valence-corrected chi connectivity index (χ1v) is 7.91. The summed E-state index contributed by atoms with van der Waals surface area (Å²) in [5, 5.41) is 13.4. The Morgan fingerprint density at radius 1 is 1.38 bits per heavy atom. The number of nitrogens with one attached hydrogen (secondary N) is 1. The number of likely N-dealkylation sites (N-methyl/N-ethyl adjacent to an activating group) is 2. The fraction of sp³-hybridized carbons (Fsp3) is 0.500. The topological polar surface area (TPSA) is 98.9 Å². The zero-order valence-corrected chi connectivity index (χ0v) is 14.5. The lowest BCUT2D eigenvalue weighted by atomic mass is 10.2. The minimum Gasteiger partial charge on any atom is -0.397 e. The van der Waals surface area contributed by atoms with Gasteiger partial charge in [-0.25, -0.2) is 0 Å². The number of carbonyl (C=O) groups is 2. The van der Waals surface area contributed by atoms with Crippen molar-refractivity contribution in [3.63, 3.8) is 0 Å². The third kappa shape index (κ3) is 4.44. The molecule has 24 heavy (non-hydrogen) atoms. The Bertz CT molecular complexity index is 626. The highest BCUT2D eigenvalue weighted by Crippen LogP contribution is 2.26. The van der Waals surface area contributed by atoms with Gasteiger partial charge in [0, 0.05) is 25.7 Å². The summed E-state index contributed by atoms with van der Waals surface area (Å²) in [5.41, 5.74) is 6.86. The number of nitrogens with zero attached hydrogens (tertiary/aromatic N) is 3. The normalized spacial score (nSPS) is 17.3. The number of nitrogen functional groups attached to an aromatic ring is 1. The smallest absolute Gasteiger partial charge is 0.305 e. The van der Waals surface area contributed by atoms with E-state index in [-0.39, 0.29) is 23.8 Å². The second kappa shape index (κ2) is 7.16. The number of benzene rings is 1. The number of hydrogen-bond acceptors (Lipinski definition) is 5. The van der Waals surface area contributed by atoms with Gasteiger partial charge in [-0.2, -0.15) is 5.06 Å². The van der Waals surface area contributed by atoms with Crippen LogP contribution in [0.5, 0.6) is 0 Å². The standard InChI is InChI=1S/C16H25N5O3/c1-12(22)18-13-4-5-15(14(17)10-13)20(24)16(23)11-21(3)8-6-19(2)7-9-21/h4-5,10,24H,6-9,11,17H2,1-3H3/p+1. The van der Waals surface area contributed by atoms with Gasteiger partial charge in [-0.05, 0) is 25.2 Å². The molecule has 0 radical (unpaired) electrons. The second-order valence-corrected chi connectivity index (χ2v) is 6.69. The van der Waals surface area contributed by atoms with Gasteiger partial charge < -0.3 is 15.5 Å². The monoisotopic (exact) mass is 336 g/mol. The summed E-state index contributed by atoms with van der Waals surface area (Å²) in [4.78, 5) is 25.7. The van der Waals surface area contributed by atoms with Crippen LogP contribution in [0.2, 0.25) is 0 Å². The molecule has 0 bridgehead atoms. The third-order valence-corrected chi connectivity index (χ3v) is 4.37. The van der Waals surface area contributed by atoms with Gasteiger partial charge in [0.15, 0.2) is 6.54 Å². The summed E-state index contributed by atoms with van der Waals surface area (Å²) in [6.45, 7) is 5.15. The molecular formula is C16H26N5O3+. The number of rotatable bonds is 4. The van der Waals surface area contributed by atoms with Crippen LogP contribution in [0.25, 0.3) is 0 Å². The Morgan fingerprint density at radius 2 is 2.00 bits per heavy atom. The minimum atomic E-state index is -0.402. The van der Waals surface area contributed by atoms with E-state index in [1.165, 1.54) is 19.1 Å². The van der Waals surface area contributed by atoms with Gasteiger partial charge in [-0.1, -0.05) is 0 Å². The van der Waals surface area contributed by atoms with E-state index >= 15 is 0 Å². The molecule has 8 nitrogen and oxygen atoms in total. The molecule has 1 aliphatic rings. The molecule has 1 aromatic rings. The van der Waals surface area contributed by atoms with E-state index in [4.69, 9.17) is 5.73 Å². The van der Waals surface area contributed by atoms with Crippen molar-refractivity contribution in [2.75, 3.05) is 62.9 Å². The van der Waals surface area contributed by atoms with Crippen molar-refractivity contribution in [3.8, 4) is 0 Å². The Balaban J connectivity index is 2.06. The maximum atomic E-state index is 12.4. The van der Waals surface area contributed by atoms with Gasteiger partial charge in [0.05, 0.1) is 31.5 Å². The number of amides is 2. The van der Waals surface area contributed by atoms with Crippen LogP contribution >= 0.6 is 0 Å². The first kappa shape index (κ1) is 18.2. The minimum absolute atomic E-state index is 0.206. The average molecular weight is 336 g/mol. The number of quaternary nitrogens is 1. The summed E-state index contributed by atoms with van der Waals surface area (Å²) >= 11 is 0. The molecule has 0 unspecified atom stereocenters. The Labute approximate surface area is 142 Å². The van der Waals surface area contributed by atoms with Gasteiger partial charge in [-0.3, -0.25) is 19.7 Å².